The Balaban J connectivity index is 1.67. The summed E-state index contributed by atoms with van der Waals surface area (Å²) in [5, 5.41) is 9.10. The molecule has 1 atom stereocenters. The summed E-state index contributed by atoms with van der Waals surface area (Å²) < 4.78 is 11.4. The van der Waals surface area contributed by atoms with Crippen molar-refractivity contribution in [3.63, 3.8) is 0 Å². The number of rotatable bonds is 4. The van der Waals surface area contributed by atoms with Crippen LogP contribution in [0.5, 0.6) is 0 Å². The van der Waals surface area contributed by atoms with Gasteiger partial charge in [0.15, 0.2) is 0 Å². The molecule has 2 aromatic heterocycles. The van der Waals surface area contributed by atoms with Crippen molar-refractivity contribution < 1.29 is 14.3 Å². The van der Waals surface area contributed by atoms with Crippen molar-refractivity contribution >= 4 is 29.2 Å². The molecule has 0 radical (unpaired) electrons. The number of amides is 2. The van der Waals surface area contributed by atoms with Crippen LogP contribution < -0.4 is 10.2 Å². The first kappa shape index (κ1) is 20.3. The van der Waals surface area contributed by atoms with Crippen LogP contribution in [0.2, 0.25) is 0 Å². The SMILES string of the molecule is Cc1nscc1N(C)C(=O)c1cnn2c1CC(CNC(=O)OC(C)(C)C)CC2. The fourth-order valence-corrected chi connectivity index (χ4v) is 4.03. The standard InChI is InChI=1S/C19H27N5O3S/c1-12-16(11-28-22-12)23(5)17(25)14-10-21-24-7-6-13(8-15(14)24)9-20-18(26)27-19(2,3)4/h10-11,13H,6-9H2,1-5H3,(H,20,26). The van der Waals surface area contributed by atoms with E-state index in [2.05, 4.69) is 14.8 Å². The molecule has 0 spiro atoms. The molecule has 0 aliphatic carbocycles. The number of alkyl carbamates (subject to hydrolysis) is 1. The van der Waals surface area contributed by atoms with E-state index in [0.29, 0.717) is 18.5 Å². The molecule has 28 heavy (non-hydrogen) atoms. The van der Waals surface area contributed by atoms with Gasteiger partial charge in [-0.05, 0) is 58.0 Å². The lowest BCUT2D eigenvalue weighted by atomic mass is 9.94. The molecule has 9 heteroatoms. The van der Waals surface area contributed by atoms with Crippen LogP contribution in [0.25, 0.3) is 0 Å². The minimum absolute atomic E-state index is 0.0923. The minimum atomic E-state index is -0.520. The first-order valence-electron chi connectivity index (χ1n) is 9.36. The third-order valence-corrected chi connectivity index (χ3v) is 5.44. The first-order valence-corrected chi connectivity index (χ1v) is 10.2. The van der Waals surface area contributed by atoms with E-state index in [1.54, 1.807) is 18.1 Å². The Morgan fingerprint density at radius 3 is 2.82 bits per heavy atom. The smallest absolute Gasteiger partial charge is 0.407 e. The molecule has 8 nitrogen and oxygen atoms in total. The van der Waals surface area contributed by atoms with Crippen molar-refractivity contribution in [1.82, 2.24) is 19.5 Å². The van der Waals surface area contributed by atoms with E-state index in [-0.39, 0.29) is 11.8 Å². The fraction of sp³-hybridized carbons (Fsp3) is 0.579. The summed E-state index contributed by atoms with van der Waals surface area (Å²) in [5.41, 5.74) is 2.65. The van der Waals surface area contributed by atoms with E-state index >= 15 is 0 Å². The molecule has 0 fully saturated rings. The molecule has 0 aromatic carbocycles. The van der Waals surface area contributed by atoms with Crippen LogP contribution >= 0.6 is 11.5 Å². The molecule has 0 bridgehead atoms. The van der Waals surface area contributed by atoms with Crippen molar-refractivity contribution in [3.05, 3.63) is 28.5 Å². The summed E-state index contributed by atoms with van der Waals surface area (Å²) >= 11 is 1.33. The Labute approximate surface area is 169 Å². The van der Waals surface area contributed by atoms with Gasteiger partial charge in [-0.25, -0.2) is 4.79 Å². The Morgan fingerprint density at radius 1 is 1.43 bits per heavy atom. The molecule has 0 saturated carbocycles. The lowest BCUT2D eigenvalue weighted by Crippen LogP contribution is -2.37. The van der Waals surface area contributed by atoms with E-state index in [9.17, 15) is 9.59 Å². The fourth-order valence-electron chi connectivity index (χ4n) is 3.29. The first-order chi connectivity index (χ1) is 13.2. The van der Waals surface area contributed by atoms with Crippen molar-refractivity contribution in [1.29, 1.82) is 0 Å². The molecule has 3 heterocycles. The van der Waals surface area contributed by atoms with Gasteiger partial charge >= 0.3 is 6.09 Å². The van der Waals surface area contributed by atoms with Crippen LogP contribution in [0.4, 0.5) is 10.5 Å². The molecular weight excluding hydrogens is 378 g/mol. The predicted octanol–water partition coefficient (Wildman–Crippen LogP) is 3.01. The molecule has 2 amide bonds. The highest BCUT2D eigenvalue weighted by Crippen LogP contribution is 2.26. The van der Waals surface area contributed by atoms with Gasteiger partial charge in [-0.1, -0.05) is 0 Å². The van der Waals surface area contributed by atoms with Crippen molar-refractivity contribution in [3.8, 4) is 0 Å². The van der Waals surface area contributed by atoms with Crippen LogP contribution in [0.1, 0.15) is 48.9 Å². The number of hydrogen-bond donors (Lipinski definition) is 1. The largest absolute Gasteiger partial charge is 0.444 e. The average molecular weight is 406 g/mol. The van der Waals surface area contributed by atoms with Gasteiger partial charge in [0.1, 0.15) is 5.60 Å². The zero-order chi connectivity index (χ0) is 20.5. The number of fused-ring (bicyclic) bond motifs is 1. The van der Waals surface area contributed by atoms with E-state index in [1.807, 2.05) is 37.8 Å². The molecule has 1 N–H and O–H groups in total. The minimum Gasteiger partial charge on any atom is -0.444 e. The Morgan fingerprint density at radius 2 is 2.18 bits per heavy atom. The van der Waals surface area contributed by atoms with Crippen molar-refractivity contribution in [2.24, 2.45) is 5.92 Å². The number of anilines is 1. The molecule has 2 aromatic rings. The zero-order valence-electron chi connectivity index (χ0n) is 17.0. The molecule has 3 rings (SSSR count). The number of nitrogens with one attached hydrogen (secondary N) is 1. The Kier molecular flexibility index (Phi) is 5.74. The maximum atomic E-state index is 13.0. The van der Waals surface area contributed by atoms with Crippen LogP contribution in [0, 0.1) is 12.8 Å². The monoisotopic (exact) mass is 405 g/mol. The molecular formula is C19H27N5O3S. The molecule has 1 aliphatic heterocycles. The molecule has 1 unspecified atom stereocenters. The number of nitrogens with zero attached hydrogens (tertiary/aromatic N) is 4. The normalized spacial score (nSPS) is 16.4. The van der Waals surface area contributed by atoms with E-state index < -0.39 is 11.7 Å². The second-order valence-electron chi connectivity index (χ2n) is 8.12. The third kappa shape index (κ3) is 4.52. The zero-order valence-corrected chi connectivity index (χ0v) is 17.8. The molecule has 1 aliphatic rings. The van der Waals surface area contributed by atoms with Crippen LogP contribution in [-0.2, 0) is 17.7 Å². The van der Waals surface area contributed by atoms with Crippen LogP contribution in [0.15, 0.2) is 11.6 Å². The lowest BCUT2D eigenvalue weighted by Gasteiger charge is -2.26. The quantitative estimate of drug-likeness (QED) is 0.845. The number of carbonyl (C=O) groups excluding carboxylic acids is 2. The summed E-state index contributed by atoms with van der Waals surface area (Å²) in [6, 6.07) is 0. The molecule has 152 valence electrons. The second kappa shape index (κ2) is 7.90. The van der Waals surface area contributed by atoms with Gasteiger partial charge in [0, 0.05) is 25.5 Å². The van der Waals surface area contributed by atoms with Crippen LogP contribution in [-0.4, -0.2) is 45.3 Å². The topological polar surface area (TPSA) is 89.4 Å². The van der Waals surface area contributed by atoms with Crippen molar-refractivity contribution in [2.75, 3.05) is 18.5 Å². The van der Waals surface area contributed by atoms with Gasteiger partial charge in [0.05, 0.1) is 28.8 Å². The second-order valence-corrected chi connectivity index (χ2v) is 8.75. The van der Waals surface area contributed by atoms with Crippen LogP contribution in [0.3, 0.4) is 0 Å². The lowest BCUT2D eigenvalue weighted by molar-refractivity contribution is 0.0516. The highest BCUT2D eigenvalue weighted by Gasteiger charge is 2.28. The number of aryl methyl sites for hydroxylation is 2. The summed E-state index contributed by atoms with van der Waals surface area (Å²) in [6.45, 7) is 8.64. The summed E-state index contributed by atoms with van der Waals surface area (Å²) in [5.74, 6) is 0.142. The number of aromatic nitrogens is 3. The molecule has 0 saturated heterocycles. The third-order valence-electron chi connectivity index (χ3n) is 4.73. The predicted molar refractivity (Wildman–Crippen MR) is 108 cm³/mol. The number of carbonyl (C=O) groups is 2. The summed E-state index contributed by atoms with van der Waals surface area (Å²) in [6.07, 6.45) is 2.81. The summed E-state index contributed by atoms with van der Waals surface area (Å²) in [4.78, 5) is 26.5. The van der Waals surface area contributed by atoms with Gasteiger partial charge in [-0.15, -0.1) is 0 Å². The van der Waals surface area contributed by atoms with E-state index in [0.717, 1.165) is 30.0 Å². The van der Waals surface area contributed by atoms with Gasteiger partial charge in [0.25, 0.3) is 5.91 Å². The van der Waals surface area contributed by atoms with Gasteiger partial charge < -0.3 is 15.0 Å². The maximum absolute atomic E-state index is 13.0. The Bertz CT molecular complexity index is 867. The maximum Gasteiger partial charge on any atom is 0.407 e. The number of ether oxygens (including phenoxy) is 1. The highest BCUT2D eigenvalue weighted by molar-refractivity contribution is 7.04. The van der Waals surface area contributed by atoms with Gasteiger partial charge in [0.2, 0.25) is 0 Å². The Hall–Kier alpha value is -2.42. The number of hydrogen-bond acceptors (Lipinski definition) is 6. The average Bonchev–Trinajstić information content (AvgIpc) is 3.23. The van der Waals surface area contributed by atoms with Crippen molar-refractivity contribution in [2.45, 2.75) is 52.7 Å². The van der Waals surface area contributed by atoms with E-state index in [1.165, 1.54) is 11.5 Å². The van der Waals surface area contributed by atoms with Gasteiger partial charge in [-0.2, -0.15) is 9.47 Å². The highest BCUT2D eigenvalue weighted by atomic mass is 32.1. The summed E-state index contributed by atoms with van der Waals surface area (Å²) in [7, 11) is 1.76. The van der Waals surface area contributed by atoms with Gasteiger partial charge in [-0.3, -0.25) is 9.48 Å². The van der Waals surface area contributed by atoms with E-state index in [4.69, 9.17) is 4.74 Å².